The number of carbonyl (C=O) groups excluding carboxylic acids is 1. The van der Waals surface area contributed by atoms with Crippen LogP contribution in [0.1, 0.15) is 40.0 Å². The lowest BCUT2D eigenvalue weighted by Gasteiger charge is -2.38. The van der Waals surface area contributed by atoms with Crippen LogP contribution in [0.5, 0.6) is 0 Å². The third-order valence-corrected chi connectivity index (χ3v) is 3.62. The Balaban J connectivity index is 2.59. The second kappa shape index (κ2) is 6.97. The van der Waals surface area contributed by atoms with Crippen molar-refractivity contribution in [3.63, 3.8) is 0 Å². The molecule has 1 saturated heterocycles. The van der Waals surface area contributed by atoms with Gasteiger partial charge in [0.2, 0.25) is 0 Å². The summed E-state index contributed by atoms with van der Waals surface area (Å²) in [6.07, 6.45) is 3.11. The average molecular weight is 242 g/mol. The fraction of sp³-hybridized carbons (Fsp3) is 0.923. The van der Waals surface area contributed by atoms with Crippen LogP contribution in [-0.2, 0) is 9.53 Å². The molecule has 1 aliphatic rings. The molecule has 0 radical (unpaired) electrons. The summed E-state index contributed by atoms with van der Waals surface area (Å²) in [4.78, 5) is 14.1. The van der Waals surface area contributed by atoms with Crippen molar-refractivity contribution in [1.29, 1.82) is 0 Å². The molecule has 3 atom stereocenters. The van der Waals surface area contributed by atoms with E-state index in [2.05, 4.69) is 11.8 Å². The van der Waals surface area contributed by atoms with Crippen molar-refractivity contribution in [3.05, 3.63) is 0 Å². The van der Waals surface area contributed by atoms with Crippen LogP contribution in [0, 0.1) is 5.92 Å². The molecule has 4 nitrogen and oxygen atoms in total. The molecule has 1 rings (SSSR count). The zero-order valence-electron chi connectivity index (χ0n) is 11.3. The molecule has 1 heterocycles. The van der Waals surface area contributed by atoms with E-state index >= 15 is 0 Å². The van der Waals surface area contributed by atoms with Crippen molar-refractivity contribution in [2.75, 3.05) is 19.7 Å². The Morgan fingerprint density at radius 2 is 2.24 bits per heavy atom. The van der Waals surface area contributed by atoms with E-state index < -0.39 is 0 Å². The first-order chi connectivity index (χ1) is 8.10. The topological polar surface area (TPSA) is 55.6 Å². The molecule has 2 N–H and O–H groups in total. The van der Waals surface area contributed by atoms with Gasteiger partial charge in [0.05, 0.1) is 6.61 Å². The van der Waals surface area contributed by atoms with E-state index in [4.69, 9.17) is 10.5 Å². The number of esters is 1. The fourth-order valence-electron chi connectivity index (χ4n) is 2.56. The van der Waals surface area contributed by atoms with Gasteiger partial charge in [0.25, 0.3) is 0 Å². The van der Waals surface area contributed by atoms with Gasteiger partial charge >= 0.3 is 5.97 Å². The van der Waals surface area contributed by atoms with Crippen molar-refractivity contribution in [2.45, 2.75) is 52.1 Å². The molecule has 3 unspecified atom stereocenters. The van der Waals surface area contributed by atoms with Gasteiger partial charge < -0.3 is 10.5 Å². The highest BCUT2D eigenvalue weighted by molar-refractivity contribution is 5.75. The number of hydrogen-bond acceptors (Lipinski definition) is 4. The van der Waals surface area contributed by atoms with Gasteiger partial charge in [-0.05, 0) is 45.6 Å². The molecule has 17 heavy (non-hydrogen) atoms. The molecule has 0 aromatic heterocycles. The van der Waals surface area contributed by atoms with Crippen LogP contribution in [0.4, 0.5) is 0 Å². The normalized spacial score (nSPS) is 25.3. The van der Waals surface area contributed by atoms with Crippen molar-refractivity contribution >= 4 is 5.97 Å². The van der Waals surface area contributed by atoms with Gasteiger partial charge in [-0.3, -0.25) is 9.69 Å². The minimum Gasteiger partial charge on any atom is -0.465 e. The quantitative estimate of drug-likeness (QED) is 0.740. The Kier molecular flexibility index (Phi) is 5.92. The monoisotopic (exact) mass is 242 g/mol. The zero-order chi connectivity index (χ0) is 12.8. The number of likely N-dealkylation sites (tertiary alicyclic amines) is 1. The first-order valence-electron chi connectivity index (χ1n) is 6.76. The predicted molar refractivity (Wildman–Crippen MR) is 68.7 cm³/mol. The third-order valence-electron chi connectivity index (χ3n) is 3.62. The maximum Gasteiger partial charge on any atom is 0.323 e. The van der Waals surface area contributed by atoms with Gasteiger partial charge in [0.1, 0.15) is 6.04 Å². The van der Waals surface area contributed by atoms with Crippen molar-refractivity contribution in [1.82, 2.24) is 4.90 Å². The smallest absolute Gasteiger partial charge is 0.323 e. The Hall–Kier alpha value is -0.610. The number of hydrogen-bond donors (Lipinski definition) is 1. The standard InChI is InChI=1S/C13H26N2O2/c1-4-12(13(16)17-5-2)15-8-6-7-11(9-15)10(3)14/h10-12H,4-9,14H2,1-3H3. The van der Waals surface area contributed by atoms with Crippen LogP contribution in [0.15, 0.2) is 0 Å². The highest BCUT2D eigenvalue weighted by Crippen LogP contribution is 2.22. The van der Waals surface area contributed by atoms with E-state index in [9.17, 15) is 4.79 Å². The summed E-state index contributed by atoms with van der Waals surface area (Å²) in [6.45, 7) is 8.32. The molecular formula is C13H26N2O2. The maximum absolute atomic E-state index is 11.9. The maximum atomic E-state index is 11.9. The van der Waals surface area contributed by atoms with Gasteiger partial charge in [-0.15, -0.1) is 0 Å². The number of piperidine rings is 1. The molecule has 0 amide bonds. The van der Waals surface area contributed by atoms with Crippen molar-refractivity contribution in [3.8, 4) is 0 Å². The van der Waals surface area contributed by atoms with Crippen LogP contribution in [0.3, 0.4) is 0 Å². The summed E-state index contributed by atoms with van der Waals surface area (Å²) in [7, 11) is 0. The lowest BCUT2D eigenvalue weighted by atomic mass is 9.91. The Labute approximate surface area is 104 Å². The van der Waals surface area contributed by atoms with E-state index in [1.165, 1.54) is 6.42 Å². The highest BCUT2D eigenvalue weighted by Gasteiger charge is 2.31. The number of nitrogens with zero attached hydrogens (tertiary/aromatic N) is 1. The number of rotatable bonds is 5. The Morgan fingerprint density at radius 1 is 1.53 bits per heavy atom. The molecular weight excluding hydrogens is 216 g/mol. The number of carbonyl (C=O) groups is 1. The lowest BCUT2D eigenvalue weighted by molar-refractivity contribution is -0.150. The van der Waals surface area contributed by atoms with Gasteiger partial charge in [-0.1, -0.05) is 6.92 Å². The molecule has 0 aromatic carbocycles. The van der Waals surface area contributed by atoms with Gasteiger partial charge in [0.15, 0.2) is 0 Å². The molecule has 0 aromatic rings. The van der Waals surface area contributed by atoms with Crippen LogP contribution < -0.4 is 5.73 Å². The first-order valence-corrected chi connectivity index (χ1v) is 6.76. The minimum atomic E-state index is -0.0866. The SMILES string of the molecule is CCOC(=O)C(CC)N1CCCC(C(C)N)C1. The molecule has 0 bridgehead atoms. The second-order valence-corrected chi connectivity index (χ2v) is 4.93. The van der Waals surface area contributed by atoms with Crippen molar-refractivity contribution < 1.29 is 9.53 Å². The molecule has 100 valence electrons. The summed E-state index contributed by atoms with van der Waals surface area (Å²) in [5.41, 5.74) is 5.96. The first kappa shape index (κ1) is 14.5. The largest absolute Gasteiger partial charge is 0.465 e. The van der Waals surface area contributed by atoms with Gasteiger partial charge in [-0.25, -0.2) is 0 Å². The molecule has 0 saturated carbocycles. The third kappa shape index (κ3) is 3.96. The second-order valence-electron chi connectivity index (χ2n) is 4.93. The molecule has 1 aliphatic heterocycles. The van der Waals surface area contributed by atoms with Gasteiger partial charge in [0, 0.05) is 12.6 Å². The summed E-state index contributed by atoms with van der Waals surface area (Å²) in [6, 6.07) is 0.119. The van der Waals surface area contributed by atoms with E-state index in [0.717, 1.165) is 25.9 Å². The lowest BCUT2D eigenvalue weighted by Crippen LogP contribution is -2.50. The van der Waals surface area contributed by atoms with Crippen LogP contribution in [0.25, 0.3) is 0 Å². The average Bonchev–Trinajstić information content (AvgIpc) is 2.30. The van der Waals surface area contributed by atoms with Crippen LogP contribution in [-0.4, -0.2) is 42.6 Å². The number of nitrogens with two attached hydrogens (primary N) is 1. The summed E-state index contributed by atoms with van der Waals surface area (Å²) < 4.78 is 5.13. The highest BCUT2D eigenvalue weighted by atomic mass is 16.5. The molecule has 0 aliphatic carbocycles. The molecule has 4 heteroatoms. The van der Waals surface area contributed by atoms with E-state index in [0.29, 0.717) is 12.5 Å². The van der Waals surface area contributed by atoms with E-state index in [-0.39, 0.29) is 18.1 Å². The Bertz CT molecular complexity index is 244. The van der Waals surface area contributed by atoms with Crippen LogP contribution >= 0.6 is 0 Å². The summed E-state index contributed by atoms with van der Waals surface area (Å²) >= 11 is 0. The van der Waals surface area contributed by atoms with Crippen molar-refractivity contribution in [2.24, 2.45) is 11.7 Å². The zero-order valence-corrected chi connectivity index (χ0v) is 11.3. The number of ether oxygens (including phenoxy) is 1. The van der Waals surface area contributed by atoms with Crippen LogP contribution in [0.2, 0.25) is 0 Å². The fourth-order valence-corrected chi connectivity index (χ4v) is 2.56. The molecule has 1 fully saturated rings. The minimum absolute atomic E-state index is 0.0830. The predicted octanol–water partition coefficient (Wildman–Crippen LogP) is 1.39. The molecule has 0 spiro atoms. The van der Waals surface area contributed by atoms with E-state index in [1.54, 1.807) is 0 Å². The summed E-state index contributed by atoms with van der Waals surface area (Å²) in [5, 5.41) is 0. The summed E-state index contributed by atoms with van der Waals surface area (Å²) in [5.74, 6) is 0.424. The van der Waals surface area contributed by atoms with E-state index in [1.807, 2.05) is 13.8 Å². The van der Waals surface area contributed by atoms with Gasteiger partial charge in [-0.2, -0.15) is 0 Å². The Morgan fingerprint density at radius 3 is 2.76 bits per heavy atom.